The Bertz CT molecular complexity index is 1210. The normalized spacial score (nSPS) is 18.2. The van der Waals surface area contributed by atoms with E-state index in [1.807, 2.05) is 49.4 Å². The first-order valence-electron chi connectivity index (χ1n) is 10.6. The van der Waals surface area contributed by atoms with Crippen molar-refractivity contribution in [3.05, 3.63) is 95.8 Å². The smallest absolute Gasteiger partial charge is 0.258 e. The van der Waals surface area contributed by atoms with Crippen LogP contribution < -0.4 is 9.21 Å². The molecule has 2 unspecified atom stereocenters. The molecule has 5 nitrogen and oxygen atoms in total. The summed E-state index contributed by atoms with van der Waals surface area (Å²) in [5.74, 6) is -0.683. The first kappa shape index (κ1) is 22.0. The number of para-hydroxylation sites is 2. The minimum absolute atomic E-state index is 0.0346. The highest BCUT2D eigenvalue weighted by atomic mass is 32.2. The van der Waals surface area contributed by atoms with E-state index in [0.717, 1.165) is 5.56 Å². The van der Waals surface area contributed by atoms with Crippen LogP contribution in [-0.2, 0) is 10.0 Å². The van der Waals surface area contributed by atoms with Gasteiger partial charge in [0.2, 0.25) is 10.0 Å². The molecular formula is C25H25FN2O3S. The zero-order valence-electron chi connectivity index (χ0n) is 18.0. The second kappa shape index (κ2) is 8.74. The maximum absolute atomic E-state index is 13.4. The largest absolute Gasteiger partial charge is 0.305 e. The number of nitrogens with zero attached hydrogens (tertiary/aromatic N) is 2. The number of rotatable bonds is 5. The topological polar surface area (TPSA) is 57.7 Å². The molecule has 0 saturated heterocycles. The van der Waals surface area contributed by atoms with E-state index in [9.17, 15) is 17.6 Å². The fraction of sp³-hybridized carbons (Fsp3) is 0.240. The highest BCUT2D eigenvalue weighted by Crippen LogP contribution is 2.43. The maximum atomic E-state index is 13.4. The molecule has 1 heterocycles. The summed E-state index contributed by atoms with van der Waals surface area (Å²) in [5, 5.41) is 0. The molecule has 32 heavy (non-hydrogen) atoms. The minimum Gasteiger partial charge on any atom is -0.305 e. The van der Waals surface area contributed by atoms with Gasteiger partial charge in [0, 0.05) is 17.3 Å². The van der Waals surface area contributed by atoms with Crippen LogP contribution in [0.25, 0.3) is 0 Å². The van der Waals surface area contributed by atoms with Crippen molar-refractivity contribution in [2.24, 2.45) is 0 Å². The van der Waals surface area contributed by atoms with E-state index in [0.29, 0.717) is 23.4 Å². The first-order chi connectivity index (χ1) is 15.3. The Morgan fingerprint density at radius 3 is 2.28 bits per heavy atom. The lowest BCUT2D eigenvalue weighted by atomic mass is 9.90. The van der Waals surface area contributed by atoms with Crippen molar-refractivity contribution in [1.82, 2.24) is 0 Å². The SMILES string of the molecule is CCS(=O)(=O)N(c1ccccc1)C1CC(C)N(C(=O)c2ccc(F)cc2)c2ccccc21. The summed E-state index contributed by atoms with van der Waals surface area (Å²) in [4.78, 5) is 15.0. The molecule has 166 valence electrons. The summed E-state index contributed by atoms with van der Waals surface area (Å²) in [6.45, 7) is 3.54. The van der Waals surface area contributed by atoms with Crippen molar-refractivity contribution >= 4 is 27.3 Å². The van der Waals surface area contributed by atoms with Crippen LogP contribution in [0.4, 0.5) is 15.8 Å². The third kappa shape index (κ3) is 4.00. The second-order valence-electron chi connectivity index (χ2n) is 7.87. The molecule has 0 radical (unpaired) electrons. The number of benzene rings is 3. The van der Waals surface area contributed by atoms with Gasteiger partial charge in [0.1, 0.15) is 5.82 Å². The lowest BCUT2D eigenvalue weighted by Gasteiger charge is -2.43. The molecule has 3 aromatic carbocycles. The lowest BCUT2D eigenvalue weighted by Crippen LogP contribution is -2.48. The van der Waals surface area contributed by atoms with Crippen molar-refractivity contribution in [2.75, 3.05) is 15.0 Å². The van der Waals surface area contributed by atoms with Gasteiger partial charge in [-0.15, -0.1) is 0 Å². The summed E-state index contributed by atoms with van der Waals surface area (Å²) < 4.78 is 41.2. The number of halogens is 1. The van der Waals surface area contributed by atoms with Gasteiger partial charge >= 0.3 is 0 Å². The molecular weight excluding hydrogens is 427 g/mol. The fourth-order valence-corrected chi connectivity index (χ4v) is 5.60. The van der Waals surface area contributed by atoms with Crippen molar-refractivity contribution < 1.29 is 17.6 Å². The van der Waals surface area contributed by atoms with Gasteiger partial charge in [-0.25, -0.2) is 12.8 Å². The lowest BCUT2D eigenvalue weighted by molar-refractivity contribution is 0.0974. The highest BCUT2D eigenvalue weighted by molar-refractivity contribution is 7.92. The molecule has 0 fully saturated rings. The van der Waals surface area contributed by atoms with Crippen LogP contribution in [0.3, 0.4) is 0 Å². The molecule has 0 spiro atoms. The Morgan fingerprint density at radius 1 is 1.00 bits per heavy atom. The number of amides is 1. The maximum Gasteiger partial charge on any atom is 0.258 e. The van der Waals surface area contributed by atoms with Crippen LogP contribution in [0.2, 0.25) is 0 Å². The molecule has 2 atom stereocenters. The number of carbonyl (C=O) groups is 1. The number of hydrogen-bond acceptors (Lipinski definition) is 3. The summed E-state index contributed by atoms with van der Waals surface area (Å²) in [6, 6.07) is 21.2. The molecule has 7 heteroatoms. The summed E-state index contributed by atoms with van der Waals surface area (Å²) in [6.07, 6.45) is 0.429. The quantitative estimate of drug-likeness (QED) is 0.537. The number of fused-ring (bicyclic) bond motifs is 1. The van der Waals surface area contributed by atoms with Crippen molar-refractivity contribution in [3.63, 3.8) is 0 Å². The molecule has 0 aliphatic carbocycles. The molecule has 0 N–H and O–H groups in total. The van der Waals surface area contributed by atoms with Gasteiger partial charge in [0.25, 0.3) is 5.91 Å². The molecule has 4 rings (SSSR count). The fourth-order valence-electron chi connectivity index (χ4n) is 4.29. The predicted octanol–water partition coefficient (Wildman–Crippen LogP) is 5.16. The average Bonchev–Trinajstić information content (AvgIpc) is 2.80. The van der Waals surface area contributed by atoms with E-state index >= 15 is 0 Å². The van der Waals surface area contributed by atoms with Gasteiger partial charge in [-0.05, 0) is 68.3 Å². The number of hydrogen-bond donors (Lipinski definition) is 0. The van der Waals surface area contributed by atoms with Gasteiger partial charge < -0.3 is 4.90 Å². The van der Waals surface area contributed by atoms with E-state index < -0.39 is 21.9 Å². The Hall–Kier alpha value is -3.19. The van der Waals surface area contributed by atoms with Crippen LogP contribution in [0.1, 0.15) is 42.2 Å². The zero-order valence-corrected chi connectivity index (χ0v) is 18.8. The van der Waals surface area contributed by atoms with Gasteiger partial charge in [0.15, 0.2) is 0 Å². The highest BCUT2D eigenvalue weighted by Gasteiger charge is 2.40. The van der Waals surface area contributed by atoms with Crippen molar-refractivity contribution in [3.8, 4) is 0 Å². The van der Waals surface area contributed by atoms with E-state index in [1.54, 1.807) is 24.0 Å². The van der Waals surface area contributed by atoms with Crippen LogP contribution in [0.15, 0.2) is 78.9 Å². The third-order valence-electron chi connectivity index (χ3n) is 5.83. The number of sulfonamides is 1. The van der Waals surface area contributed by atoms with E-state index in [4.69, 9.17) is 0 Å². The standard InChI is InChI=1S/C25H25FN2O3S/c1-3-32(30,31)28(21-9-5-4-6-10-21)24-17-18(2)27(23-12-8-7-11-22(23)24)25(29)19-13-15-20(26)16-14-19/h4-16,18,24H,3,17H2,1-2H3. The predicted molar refractivity (Wildman–Crippen MR) is 125 cm³/mol. The van der Waals surface area contributed by atoms with Gasteiger partial charge in [-0.2, -0.15) is 0 Å². The molecule has 1 amide bonds. The van der Waals surface area contributed by atoms with E-state index in [2.05, 4.69) is 0 Å². The summed E-state index contributed by atoms with van der Waals surface area (Å²) in [5.41, 5.74) is 2.41. The van der Waals surface area contributed by atoms with Crippen LogP contribution in [-0.4, -0.2) is 26.1 Å². The molecule has 3 aromatic rings. The Balaban J connectivity index is 1.82. The first-order valence-corrected chi connectivity index (χ1v) is 12.2. The van der Waals surface area contributed by atoms with Gasteiger partial charge in [-0.3, -0.25) is 9.10 Å². The number of anilines is 2. The monoisotopic (exact) mass is 452 g/mol. The zero-order chi connectivity index (χ0) is 22.9. The Kier molecular flexibility index (Phi) is 6.02. The average molecular weight is 453 g/mol. The Labute approximate surface area is 188 Å². The molecule has 0 aromatic heterocycles. The van der Waals surface area contributed by atoms with Crippen molar-refractivity contribution in [2.45, 2.75) is 32.4 Å². The van der Waals surface area contributed by atoms with Crippen LogP contribution in [0, 0.1) is 5.82 Å². The summed E-state index contributed by atoms with van der Waals surface area (Å²) >= 11 is 0. The van der Waals surface area contributed by atoms with E-state index in [1.165, 1.54) is 28.6 Å². The molecule has 1 aliphatic rings. The minimum atomic E-state index is -3.59. The second-order valence-corrected chi connectivity index (χ2v) is 10.0. The van der Waals surface area contributed by atoms with Gasteiger partial charge in [0.05, 0.1) is 17.5 Å². The molecule has 1 aliphatic heterocycles. The van der Waals surface area contributed by atoms with Crippen LogP contribution in [0.5, 0.6) is 0 Å². The number of carbonyl (C=O) groups excluding carboxylic acids is 1. The Morgan fingerprint density at radius 2 is 1.62 bits per heavy atom. The van der Waals surface area contributed by atoms with Crippen molar-refractivity contribution in [1.29, 1.82) is 0 Å². The molecule has 0 bridgehead atoms. The molecule has 0 saturated carbocycles. The van der Waals surface area contributed by atoms with Gasteiger partial charge in [-0.1, -0.05) is 36.4 Å². The summed E-state index contributed by atoms with van der Waals surface area (Å²) in [7, 11) is -3.59. The third-order valence-corrected chi connectivity index (χ3v) is 7.62. The van der Waals surface area contributed by atoms with Crippen LogP contribution >= 0.6 is 0 Å². The van der Waals surface area contributed by atoms with E-state index in [-0.39, 0.29) is 17.7 Å².